The summed E-state index contributed by atoms with van der Waals surface area (Å²) in [6, 6.07) is 10.6. The Bertz CT molecular complexity index is 961. The van der Waals surface area contributed by atoms with Crippen LogP contribution in [0.5, 0.6) is 0 Å². The molecule has 2 N–H and O–H groups in total. The number of anilines is 3. The maximum Gasteiger partial charge on any atom is 0.225 e. The van der Waals surface area contributed by atoms with Gasteiger partial charge in [0, 0.05) is 40.2 Å². The molecule has 0 saturated heterocycles. The number of hydrogen-bond acceptors (Lipinski definition) is 5. The smallest absolute Gasteiger partial charge is 0.225 e. The summed E-state index contributed by atoms with van der Waals surface area (Å²) < 4.78 is 1.08. The molecular weight excluding hydrogens is 426 g/mol. The third-order valence-corrected chi connectivity index (χ3v) is 5.85. The van der Waals surface area contributed by atoms with Crippen molar-refractivity contribution in [3.8, 4) is 11.3 Å². The number of rotatable bonds is 5. The first kappa shape index (κ1) is 19.8. The summed E-state index contributed by atoms with van der Waals surface area (Å²) in [6.07, 6.45) is 9.80. The van der Waals surface area contributed by atoms with Gasteiger partial charge in [-0.2, -0.15) is 4.98 Å². The van der Waals surface area contributed by atoms with Gasteiger partial charge in [-0.3, -0.25) is 4.98 Å². The summed E-state index contributed by atoms with van der Waals surface area (Å²) in [5.41, 5.74) is 5.33. The molecule has 0 unspecified atom stereocenters. The van der Waals surface area contributed by atoms with E-state index in [0.717, 1.165) is 27.2 Å². The molecule has 3 aromatic rings. The van der Waals surface area contributed by atoms with E-state index in [4.69, 9.17) is 9.97 Å². The summed E-state index contributed by atoms with van der Waals surface area (Å²) in [7, 11) is 0. The summed E-state index contributed by atoms with van der Waals surface area (Å²) >= 11 is 3.57. The molecule has 1 aromatic carbocycles. The Morgan fingerprint density at radius 2 is 1.62 bits per heavy atom. The second-order valence-electron chi connectivity index (χ2n) is 7.72. The quantitative estimate of drug-likeness (QED) is 0.469. The fraction of sp³-hybridized carbons (Fsp3) is 0.348. The van der Waals surface area contributed by atoms with E-state index in [1.54, 1.807) is 12.4 Å². The highest BCUT2D eigenvalue weighted by atomic mass is 79.9. The van der Waals surface area contributed by atoms with Crippen LogP contribution < -0.4 is 10.6 Å². The molecule has 6 heteroatoms. The minimum Gasteiger partial charge on any atom is -0.351 e. The molecule has 0 aliphatic heterocycles. The van der Waals surface area contributed by atoms with Crippen LogP contribution in [0, 0.1) is 13.8 Å². The van der Waals surface area contributed by atoms with E-state index in [9.17, 15) is 0 Å². The Morgan fingerprint density at radius 3 is 2.31 bits per heavy atom. The van der Waals surface area contributed by atoms with Crippen molar-refractivity contribution in [1.82, 2.24) is 15.0 Å². The first-order valence-electron chi connectivity index (χ1n) is 10.2. The van der Waals surface area contributed by atoms with Gasteiger partial charge in [-0.25, -0.2) is 4.98 Å². The van der Waals surface area contributed by atoms with Gasteiger partial charge in [-0.05, 0) is 62.1 Å². The predicted molar refractivity (Wildman–Crippen MR) is 123 cm³/mol. The van der Waals surface area contributed by atoms with E-state index in [-0.39, 0.29) is 0 Å². The number of hydrogen-bond donors (Lipinski definition) is 2. The Hall–Kier alpha value is -2.47. The van der Waals surface area contributed by atoms with E-state index in [1.165, 1.54) is 43.2 Å². The summed E-state index contributed by atoms with van der Waals surface area (Å²) in [4.78, 5) is 13.7. The lowest BCUT2D eigenvalue weighted by molar-refractivity contribution is 0.461. The molecule has 1 saturated carbocycles. The Balaban J connectivity index is 1.69. The lowest BCUT2D eigenvalue weighted by Gasteiger charge is -2.23. The van der Waals surface area contributed by atoms with Gasteiger partial charge in [-0.15, -0.1) is 0 Å². The third kappa shape index (κ3) is 4.93. The molecule has 5 nitrogen and oxygen atoms in total. The monoisotopic (exact) mass is 451 g/mol. The van der Waals surface area contributed by atoms with Gasteiger partial charge in [0.15, 0.2) is 0 Å². The van der Waals surface area contributed by atoms with Crippen LogP contribution in [-0.4, -0.2) is 21.0 Å². The zero-order valence-electron chi connectivity index (χ0n) is 16.9. The highest BCUT2D eigenvalue weighted by molar-refractivity contribution is 9.10. The van der Waals surface area contributed by atoms with Gasteiger partial charge in [0.05, 0.1) is 5.69 Å². The first-order valence-corrected chi connectivity index (χ1v) is 11.0. The van der Waals surface area contributed by atoms with Crippen molar-refractivity contribution in [2.45, 2.75) is 52.0 Å². The van der Waals surface area contributed by atoms with E-state index >= 15 is 0 Å². The fourth-order valence-electron chi connectivity index (χ4n) is 3.91. The van der Waals surface area contributed by atoms with Crippen LogP contribution in [-0.2, 0) is 0 Å². The van der Waals surface area contributed by atoms with Gasteiger partial charge < -0.3 is 10.6 Å². The fourth-order valence-corrected chi connectivity index (χ4v) is 4.60. The summed E-state index contributed by atoms with van der Waals surface area (Å²) in [5.74, 6) is 1.47. The minimum atomic E-state index is 0.445. The van der Waals surface area contributed by atoms with Crippen LogP contribution >= 0.6 is 15.9 Å². The van der Waals surface area contributed by atoms with E-state index in [1.807, 2.05) is 18.2 Å². The van der Waals surface area contributed by atoms with Gasteiger partial charge in [0.2, 0.25) is 5.95 Å². The first-order chi connectivity index (χ1) is 14.1. The average molecular weight is 452 g/mol. The van der Waals surface area contributed by atoms with Crippen LogP contribution in [0.3, 0.4) is 0 Å². The van der Waals surface area contributed by atoms with Crippen LogP contribution in [0.2, 0.25) is 0 Å². The average Bonchev–Trinajstić information content (AvgIpc) is 2.72. The van der Waals surface area contributed by atoms with E-state index in [0.29, 0.717) is 12.0 Å². The molecule has 1 aliphatic carbocycles. The van der Waals surface area contributed by atoms with Crippen molar-refractivity contribution in [2.75, 3.05) is 10.6 Å². The molecule has 29 heavy (non-hydrogen) atoms. The third-order valence-electron chi connectivity index (χ3n) is 5.39. The number of aryl methyl sites for hydroxylation is 2. The van der Waals surface area contributed by atoms with Gasteiger partial charge in [0.25, 0.3) is 0 Å². The summed E-state index contributed by atoms with van der Waals surface area (Å²) in [6.45, 7) is 4.21. The number of aromatic nitrogens is 3. The van der Waals surface area contributed by atoms with Gasteiger partial charge in [0.1, 0.15) is 5.82 Å². The minimum absolute atomic E-state index is 0.445. The van der Waals surface area contributed by atoms with Crippen LogP contribution in [0.1, 0.15) is 43.2 Å². The molecule has 0 spiro atoms. The topological polar surface area (TPSA) is 62.7 Å². The van der Waals surface area contributed by atoms with E-state index in [2.05, 4.69) is 57.5 Å². The number of nitrogens with one attached hydrogen (secondary N) is 2. The number of halogens is 1. The highest BCUT2D eigenvalue weighted by Gasteiger charge is 2.16. The molecule has 150 valence electrons. The molecule has 1 aliphatic rings. The maximum atomic E-state index is 4.80. The standard InChI is InChI=1S/C23H26BrN5/c1-15-12-18(24)13-16(2)22(15)28-21-14-20(17-8-10-25-11-9-17)27-23(29-21)26-19-6-4-3-5-7-19/h8-14,19H,3-7H2,1-2H3,(H2,26,27,28,29). The summed E-state index contributed by atoms with van der Waals surface area (Å²) in [5, 5.41) is 7.10. The number of pyridine rings is 1. The molecule has 0 atom stereocenters. The van der Waals surface area contributed by atoms with Crippen molar-refractivity contribution in [3.63, 3.8) is 0 Å². The predicted octanol–water partition coefficient (Wildman–Crippen LogP) is 6.41. The van der Waals surface area contributed by atoms with Crippen molar-refractivity contribution in [2.24, 2.45) is 0 Å². The number of nitrogens with zero attached hydrogens (tertiary/aromatic N) is 3. The largest absolute Gasteiger partial charge is 0.351 e. The van der Waals surface area contributed by atoms with E-state index < -0.39 is 0 Å². The Morgan fingerprint density at radius 1 is 0.931 bits per heavy atom. The SMILES string of the molecule is Cc1cc(Br)cc(C)c1Nc1cc(-c2ccncc2)nc(NC2CCCCC2)n1. The van der Waals surface area contributed by atoms with Gasteiger partial charge in [-0.1, -0.05) is 35.2 Å². The molecule has 0 amide bonds. The number of benzene rings is 1. The lowest BCUT2D eigenvalue weighted by atomic mass is 9.96. The molecule has 0 radical (unpaired) electrons. The normalized spacial score (nSPS) is 14.6. The van der Waals surface area contributed by atoms with Crippen LogP contribution in [0.4, 0.5) is 17.5 Å². The van der Waals surface area contributed by atoms with Crippen LogP contribution in [0.15, 0.2) is 47.2 Å². The zero-order chi connectivity index (χ0) is 20.2. The lowest BCUT2D eigenvalue weighted by Crippen LogP contribution is -2.23. The van der Waals surface area contributed by atoms with Crippen molar-refractivity contribution in [3.05, 3.63) is 58.3 Å². The molecule has 4 rings (SSSR count). The molecular formula is C23H26BrN5. The highest BCUT2D eigenvalue weighted by Crippen LogP contribution is 2.30. The second-order valence-corrected chi connectivity index (χ2v) is 8.63. The zero-order valence-corrected chi connectivity index (χ0v) is 18.5. The Labute approximate surface area is 180 Å². The van der Waals surface area contributed by atoms with Crippen LogP contribution in [0.25, 0.3) is 11.3 Å². The van der Waals surface area contributed by atoms with Crippen molar-refractivity contribution in [1.29, 1.82) is 0 Å². The molecule has 1 fully saturated rings. The Kier molecular flexibility index (Phi) is 6.09. The maximum absolute atomic E-state index is 4.80. The molecule has 0 bridgehead atoms. The van der Waals surface area contributed by atoms with Crippen molar-refractivity contribution < 1.29 is 0 Å². The second kappa shape index (κ2) is 8.91. The van der Waals surface area contributed by atoms with Gasteiger partial charge >= 0.3 is 0 Å². The van der Waals surface area contributed by atoms with Crippen molar-refractivity contribution >= 4 is 33.4 Å². The molecule has 2 aromatic heterocycles. The molecule has 2 heterocycles.